The summed E-state index contributed by atoms with van der Waals surface area (Å²) >= 11 is 0. The van der Waals surface area contributed by atoms with Crippen molar-refractivity contribution in [1.82, 2.24) is 5.32 Å². The lowest BCUT2D eigenvalue weighted by atomic mass is 10.0. The highest BCUT2D eigenvalue weighted by atomic mass is 16.1. The number of hydrogen-bond donors (Lipinski definition) is 1. The number of unbranched alkanes of at least 4 members (excludes halogenated alkanes) is 30. The Morgan fingerprint density at radius 3 is 0.846 bits per heavy atom. The first-order chi connectivity index (χ1) is 19.3. The fourth-order valence-corrected chi connectivity index (χ4v) is 5.82. The summed E-state index contributed by atoms with van der Waals surface area (Å²) in [5.41, 5.74) is 0. The lowest BCUT2D eigenvalue weighted by Gasteiger charge is -2.06. The predicted octanol–water partition coefficient (Wildman–Crippen LogP) is 13.0. The van der Waals surface area contributed by atoms with Gasteiger partial charge in [0.1, 0.15) is 0 Å². The lowest BCUT2D eigenvalue weighted by molar-refractivity contribution is -0.121. The zero-order valence-electron chi connectivity index (χ0n) is 27.4. The van der Waals surface area contributed by atoms with Crippen LogP contribution in [0.4, 0.5) is 0 Å². The van der Waals surface area contributed by atoms with Gasteiger partial charge in [-0.2, -0.15) is 0 Å². The van der Waals surface area contributed by atoms with Gasteiger partial charge >= 0.3 is 0 Å². The molecular weight excluding hydrogens is 474 g/mol. The smallest absolute Gasteiger partial charge is 0.219 e. The fourth-order valence-electron chi connectivity index (χ4n) is 5.82. The van der Waals surface area contributed by atoms with Gasteiger partial charge in [-0.15, -0.1) is 0 Å². The van der Waals surface area contributed by atoms with Crippen LogP contribution >= 0.6 is 0 Å². The summed E-state index contributed by atoms with van der Waals surface area (Å²) in [5.74, 6) is 0.279. The molecule has 0 unspecified atom stereocenters. The number of carbonyl (C=O) groups excluding carboxylic acids is 1. The lowest BCUT2D eigenvalue weighted by Crippen LogP contribution is -2.23. The SMILES string of the molecule is CCCCCCCCCCCCCCCCCCNC(=O)CCCCCCCCCCCCCCCCCC. The van der Waals surface area contributed by atoms with Crippen LogP contribution in [0.1, 0.15) is 226 Å². The first-order valence-corrected chi connectivity index (χ1v) is 18.6. The molecule has 0 fully saturated rings. The van der Waals surface area contributed by atoms with E-state index in [1.165, 1.54) is 193 Å². The van der Waals surface area contributed by atoms with Crippen LogP contribution in [0, 0.1) is 0 Å². The van der Waals surface area contributed by atoms with Crippen molar-refractivity contribution in [2.24, 2.45) is 0 Å². The normalized spacial score (nSPS) is 11.3. The van der Waals surface area contributed by atoms with E-state index in [0.29, 0.717) is 0 Å². The minimum Gasteiger partial charge on any atom is -0.356 e. The van der Waals surface area contributed by atoms with Crippen LogP contribution in [-0.2, 0) is 4.79 Å². The van der Waals surface area contributed by atoms with Gasteiger partial charge in [0, 0.05) is 13.0 Å². The summed E-state index contributed by atoms with van der Waals surface area (Å²) in [4.78, 5) is 12.0. The molecule has 0 spiro atoms. The van der Waals surface area contributed by atoms with Crippen molar-refractivity contribution in [2.45, 2.75) is 226 Å². The zero-order valence-corrected chi connectivity index (χ0v) is 27.4. The standard InChI is InChI=1S/C37H75NO/c1-3-5-7-9-11-13-15-17-19-21-23-25-27-29-31-33-35-37(39)38-36-34-32-30-28-26-24-22-20-18-16-14-12-10-8-6-4-2/h3-36H2,1-2H3,(H,38,39). The van der Waals surface area contributed by atoms with Crippen LogP contribution in [0.15, 0.2) is 0 Å². The topological polar surface area (TPSA) is 29.1 Å². The van der Waals surface area contributed by atoms with E-state index in [-0.39, 0.29) is 5.91 Å². The van der Waals surface area contributed by atoms with Crippen LogP contribution in [0.3, 0.4) is 0 Å². The molecule has 0 aliphatic carbocycles. The Labute approximate surface area is 248 Å². The maximum atomic E-state index is 12.0. The maximum Gasteiger partial charge on any atom is 0.219 e. The molecule has 2 nitrogen and oxygen atoms in total. The van der Waals surface area contributed by atoms with Gasteiger partial charge in [0.15, 0.2) is 0 Å². The average molecular weight is 550 g/mol. The van der Waals surface area contributed by atoms with Crippen molar-refractivity contribution in [2.75, 3.05) is 6.54 Å². The average Bonchev–Trinajstić information content (AvgIpc) is 2.94. The van der Waals surface area contributed by atoms with Crippen LogP contribution in [0.25, 0.3) is 0 Å². The van der Waals surface area contributed by atoms with Crippen molar-refractivity contribution < 1.29 is 4.79 Å². The van der Waals surface area contributed by atoms with Gasteiger partial charge in [-0.25, -0.2) is 0 Å². The molecule has 1 amide bonds. The molecule has 0 aromatic heterocycles. The highest BCUT2D eigenvalue weighted by molar-refractivity contribution is 5.75. The van der Waals surface area contributed by atoms with E-state index in [9.17, 15) is 4.79 Å². The molecular formula is C37H75NO. The molecule has 0 saturated carbocycles. The monoisotopic (exact) mass is 550 g/mol. The molecule has 0 radical (unpaired) electrons. The Bertz CT molecular complexity index is 449. The maximum absolute atomic E-state index is 12.0. The number of carbonyl (C=O) groups is 1. The van der Waals surface area contributed by atoms with Crippen molar-refractivity contribution in [3.05, 3.63) is 0 Å². The van der Waals surface area contributed by atoms with E-state index in [0.717, 1.165) is 25.8 Å². The van der Waals surface area contributed by atoms with Crippen molar-refractivity contribution in [3.8, 4) is 0 Å². The number of hydrogen-bond acceptors (Lipinski definition) is 1. The van der Waals surface area contributed by atoms with Gasteiger partial charge in [0.2, 0.25) is 5.91 Å². The van der Waals surface area contributed by atoms with E-state index >= 15 is 0 Å². The first-order valence-electron chi connectivity index (χ1n) is 18.6. The van der Waals surface area contributed by atoms with Crippen LogP contribution in [0.5, 0.6) is 0 Å². The Morgan fingerprint density at radius 1 is 0.333 bits per heavy atom. The van der Waals surface area contributed by atoms with Crippen LogP contribution in [0.2, 0.25) is 0 Å². The Hall–Kier alpha value is -0.530. The first kappa shape index (κ1) is 38.5. The highest BCUT2D eigenvalue weighted by Gasteiger charge is 2.01. The minimum absolute atomic E-state index is 0.279. The fraction of sp³-hybridized carbons (Fsp3) is 0.973. The molecule has 0 aliphatic rings. The molecule has 1 N–H and O–H groups in total. The molecule has 0 aromatic rings. The molecule has 0 aromatic carbocycles. The summed E-state index contributed by atoms with van der Waals surface area (Å²) in [6, 6.07) is 0. The van der Waals surface area contributed by atoms with Crippen molar-refractivity contribution in [3.63, 3.8) is 0 Å². The summed E-state index contributed by atoms with van der Waals surface area (Å²) < 4.78 is 0. The molecule has 0 heterocycles. The summed E-state index contributed by atoms with van der Waals surface area (Å²) in [5, 5.41) is 3.15. The van der Waals surface area contributed by atoms with E-state index in [4.69, 9.17) is 0 Å². The van der Waals surface area contributed by atoms with E-state index in [2.05, 4.69) is 19.2 Å². The summed E-state index contributed by atoms with van der Waals surface area (Å²) in [6.07, 6.45) is 45.2. The highest BCUT2D eigenvalue weighted by Crippen LogP contribution is 2.15. The zero-order chi connectivity index (χ0) is 28.3. The van der Waals surface area contributed by atoms with Gasteiger partial charge in [-0.1, -0.05) is 206 Å². The Balaban J connectivity index is 3.14. The second kappa shape index (κ2) is 35.5. The third-order valence-corrected chi connectivity index (χ3v) is 8.61. The third kappa shape index (κ3) is 35.4. The number of nitrogens with one attached hydrogen (secondary N) is 1. The summed E-state index contributed by atoms with van der Waals surface area (Å²) in [7, 11) is 0. The van der Waals surface area contributed by atoms with Gasteiger partial charge in [0.25, 0.3) is 0 Å². The minimum atomic E-state index is 0.279. The summed E-state index contributed by atoms with van der Waals surface area (Å²) in [6.45, 7) is 5.47. The molecule has 234 valence electrons. The molecule has 0 saturated heterocycles. The molecule has 0 aliphatic heterocycles. The van der Waals surface area contributed by atoms with E-state index in [1.54, 1.807) is 0 Å². The van der Waals surface area contributed by atoms with Gasteiger partial charge in [-0.05, 0) is 12.8 Å². The number of rotatable bonds is 34. The molecule has 0 rings (SSSR count). The van der Waals surface area contributed by atoms with Crippen molar-refractivity contribution in [1.29, 1.82) is 0 Å². The van der Waals surface area contributed by atoms with Crippen LogP contribution in [-0.4, -0.2) is 12.5 Å². The molecule has 0 atom stereocenters. The van der Waals surface area contributed by atoms with Crippen LogP contribution < -0.4 is 5.32 Å². The van der Waals surface area contributed by atoms with E-state index < -0.39 is 0 Å². The quantitative estimate of drug-likeness (QED) is 0.0794. The predicted molar refractivity (Wildman–Crippen MR) is 177 cm³/mol. The largest absolute Gasteiger partial charge is 0.356 e. The third-order valence-electron chi connectivity index (χ3n) is 8.61. The molecule has 2 heteroatoms. The van der Waals surface area contributed by atoms with Gasteiger partial charge in [-0.3, -0.25) is 4.79 Å². The van der Waals surface area contributed by atoms with Gasteiger partial charge < -0.3 is 5.32 Å². The molecule has 0 bridgehead atoms. The van der Waals surface area contributed by atoms with Gasteiger partial charge in [0.05, 0.1) is 0 Å². The Morgan fingerprint density at radius 2 is 0.564 bits per heavy atom. The van der Waals surface area contributed by atoms with E-state index in [1.807, 2.05) is 0 Å². The second-order valence-electron chi connectivity index (χ2n) is 12.7. The number of amides is 1. The van der Waals surface area contributed by atoms with Crippen molar-refractivity contribution >= 4 is 5.91 Å². The second-order valence-corrected chi connectivity index (χ2v) is 12.7. The Kier molecular flexibility index (Phi) is 35.0. The molecule has 39 heavy (non-hydrogen) atoms.